The number of benzene rings is 2. The van der Waals surface area contributed by atoms with Gasteiger partial charge in [-0.1, -0.05) is 12.1 Å². The number of urea groups is 1. The molecule has 0 unspecified atom stereocenters. The molecular weight excluding hydrogens is 400 g/mol. The molecule has 156 valence electrons. The first kappa shape index (κ1) is 20.2. The van der Waals surface area contributed by atoms with Crippen LogP contribution in [0.4, 0.5) is 28.0 Å². The number of fused-ring (bicyclic) bond motifs is 1. The minimum Gasteiger partial charge on any atom is -0.317 e. The minimum absolute atomic E-state index is 0.130. The van der Waals surface area contributed by atoms with Gasteiger partial charge in [0, 0.05) is 38.4 Å². The van der Waals surface area contributed by atoms with E-state index in [9.17, 15) is 22.4 Å². The van der Waals surface area contributed by atoms with Gasteiger partial charge in [-0.2, -0.15) is 18.4 Å². The molecule has 5 nitrogen and oxygen atoms in total. The first-order valence-corrected chi connectivity index (χ1v) is 9.42. The molecule has 0 radical (unpaired) electrons. The third-order valence-corrected chi connectivity index (χ3v) is 5.50. The van der Waals surface area contributed by atoms with Gasteiger partial charge in [0.1, 0.15) is 5.82 Å². The number of carbonyl (C=O) groups excluding carboxylic acids is 1. The molecule has 2 aliphatic rings. The van der Waals surface area contributed by atoms with E-state index in [0.717, 1.165) is 17.7 Å². The average molecular weight is 418 g/mol. The summed E-state index contributed by atoms with van der Waals surface area (Å²) in [6.07, 6.45) is -4.68. The second-order valence-corrected chi connectivity index (χ2v) is 7.44. The molecule has 0 N–H and O–H groups in total. The number of hydrogen-bond donors (Lipinski definition) is 0. The summed E-state index contributed by atoms with van der Waals surface area (Å²) in [5, 5.41) is 8.96. The maximum Gasteiger partial charge on any atom is 0.417 e. The number of piperazine rings is 1. The zero-order valence-corrected chi connectivity index (χ0v) is 15.9. The summed E-state index contributed by atoms with van der Waals surface area (Å²) < 4.78 is 52.9. The maximum absolute atomic E-state index is 13.3. The highest BCUT2D eigenvalue weighted by molar-refractivity contribution is 5.95. The summed E-state index contributed by atoms with van der Waals surface area (Å²) in [5.74, 6) is -0.304. The monoisotopic (exact) mass is 418 g/mol. The van der Waals surface area contributed by atoms with Gasteiger partial charge in [0.25, 0.3) is 0 Å². The molecule has 2 aliphatic heterocycles. The molecular formula is C21H18F4N4O. The van der Waals surface area contributed by atoms with Gasteiger partial charge < -0.3 is 4.90 Å². The number of halogens is 4. The van der Waals surface area contributed by atoms with Crippen molar-refractivity contribution in [3.8, 4) is 6.07 Å². The first-order chi connectivity index (χ1) is 14.3. The lowest BCUT2D eigenvalue weighted by Gasteiger charge is -2.36. The quantitative estimate of drug-likeness (QED) is 0.712. The van der Waals surface area contributed by atoms with Crippen molar-refractivity contribution in [2.24, 2.45) is 0 Å². The highest BCUT2D eigenvalue weighted by atomic mass is 19.4. The molecule has 2 aromatic carbocycles. The van der Waals surface area contributed by atoms with Gasteiger partial charge in [0.2, 0.25) is 0 Å². The molecule has 0 aromatic heterocycles. The molecule has 2 amide bonds. The summed E-state index contributed by atoms with van der Waals surface area (Å²) in [7, 11) is 0. The number of carbonyl (C=O) groups is 1. The summed E-state index contributed by atoms with van der Waals surface area (Å²) in [6.45, 7) is 2.52. The predicted molar refractivity (Wildman–Crippen MR) is 101 cm³/mol. The van der Waals surface area contributed by atoms with Crippen LogP contribution in [0.25, 0.3) is 0 Å². The van der Waals surface area contributed by atoms with Crippen molar-refractivity contribution < 1.29 is 22.4 Å². The van der Waals surface area contributed by atoms with E-state index in [0.29, 0.717) is 26.2 Å². The van der Waals surface area contributed by atoms with Gasteiger partial charge in [0.15, 0.2) is 0 Å². The van der Waals surface area contributed by atoms with Crippen LogP contribution in [-0.4, -0.2) is 48.1 Å². The van der Waals surface area contributed by atoms with E-state index in [-0.39, 0.29) is 30.1 Å². The zero-order chi connectivity index (χ0) is 21.5. The first-order valence-electron chi connectivity index (χ1n) is 9.42. The molecule has 30 heavy (non-hydrogen) atoms. The summed E-state index contributed by atoms with van der Waals surface area (Å²) in [5.41, 5.74) is -0.432. The van der Waals surface area contributed by atoms with E-state index in [4.69, 9.17) is 5.26 Å². The van der Waals surface area contributed by atoms with Gasteiger partial charge in [-0.3, -0.25) is 9.80 Å². The topological polar surface area (TPSA) is 50.6 Å². The van der Waals surface area contributed by atoms with Crippen LogP contribution >= 0.6 is 0 Å². The van der Waals surface area contributed by atoms with Crippen molar-refractivity contribution in [3.05, 3.63) is 65.0 Å². The Balaban J connectivity index is 1.51. The van der Waals surface area contributed by atoms with E-state index in [1.165, 1.54) is 23.1 Å². The number of anilines is 1. The number of rotatable bonds is 3. The average Bonchev–Trinajstić information content (AvgIpc) is 3.04. The van der Waals surface area contributed by atoms with Crippen molar-refractivity contribution >= 4 is 11.7 Å². The van der Waals surface area contributed by atoms with Gasteiger partial charge in [-0.25, -0.2) is 9.18 Å². The standard InChI is InChI=1S/C21H18F4N4O/c22-16-4-1-14(2-5-16)11-27-7-8-28-18(12-27)13-29(20(28)30)17-6-3-15(10-26)19(9-17)21(23,24)25/h1-6,9,18H,7-8,11-13H2/t18-/m0/s1. The van der Waals surface area contributed by atoms with Crippen LogP contribution in [0.15, 0.2) is 42.5 Å². The second-order valence-electron chi connectivity index (χ2n) is 7.44. The van der Waals surface area contributed by atoms with Crippen LogP contribution in [0.5, 0.6) is 0 Å². The van der Waals surface area contributed by atoms with Crippen LogP contribution in [0, 0.1) is 17.1 Å². The van der Waals surface area contributed by atoms with Crippen molar-refractivity contribution in [2.75, 3.05) is 31.1 Å². The summed E-state index contributed by atoms with van der Waals surface area (Å²) in [4.78, 5) is 18.0. The molecule has 0 bridgehead atoms. The highest BCUT2D eigenvalue weighted by Crippen LogP contribution is 2.36. The number of nitriles is 1. The summed E-state index contributed by atoms with van der Waals surface area (Å²) >= 11 is 0. The number of amides is 2. The van der Waals surface area contributed by atoms with E-state index < -0.39 is 17.3 Å². The van der Waals surface area contributed by atoms with Crippen LogP contribution in [-0.2, 0) is 12.7 Å². The molecule has 1 atom stereocenters. The smallest absolute Gasteiger partial charge is 0.317 e. The molecule has 0 aliphatic carbocycles. The number of hydrogen-bond acceptors (Lipinski definition) is 3. The minimum atomic E-state index is -4.68. The van der Waals surface area contributed by atoms with Crippen LogP contribution in [0.1, 0.15) is 16.7 Å². The van der Waals surface area contributed by atoms with Crippen molar-refractivity contribution in [3.63, 3.8) is 0 Å². The Morgan fingerprint density at radius 1 is 1.07 bits per heavy atom. The van der Waals surface area contributed by atoms with E-state index in [2.05, 4.69) is 4.90 Å². The van der Waals surface area contributed by atoms with Gasteiger partial charge >= 0.3 is 12.2 Å². The normalized spacial score (nSPS) is 19.7. The Bertz CT molecular complexity index is 1000. The Hall–Kier alpha value is -3.12. The third-order valence-electron chi connectivity index (χ3n) is 5.50. The highest BCUT2D eigenvalue weighted by Gasteiger charge is 2.42. The van der Waals surface area contributed by atoms with E-state index in [1.807, 2.05) is 0 Å². The van der Waals surface area contributed by atoms with Crippen molar-refractivity contribution in [1.82, 2.24) is 9.80 Å². The second kappa shape index (κ2) is 7.61. The molecule has 2 saturated heterocycles. The SMILES string of the molecule is N#Cc1ccc(N2C[C@@H]3CN(Cc4ccc(F)cc4)CCN3C2=O)cc1C(F)(F)F. The third kappa shape index (κ3) is 3.83. The van der Waals surface area contributed by atoms with Gasteiger partial charge in [-0.15, -0.1) is 0 Å². The largest absolute Gasteiger partial charge is 0.417 e. The molecule has 0 spiro atoms. The fourth-order valence-corrected chi connectivity index (χ4v) is 4.01. The molecule has 9 heteroatoms. The summed E-state index contributed by atoms with van der Waals surface area (Å²) in [6, 6.07) is 10.6. The van der Waals surface area contributed by atoms with Gasteiger partial charge in [0.05, 0.1) is 23.2 Å². The van der Waals surface area contributed by atoms with Crippen LogP contribution < -0.4 is 4.90 Å². The molecule has 0 saturated carbocycles. The van der Waals surface area contributed by atoms with E-state index in [1.54, 1.807) is 23.1 Å². The maximum atomic E-state index is 13.3. The Morgan fingerprint density at radius 3 is 2.47 bits per heavy atom. The molecule has 2 fully saturated rings. The fraction of sp³-hybridized carbons (Fsp3) is 0.333. The Labute approximate surface area is 170 Å². The van der Waals surface area contributed by atoms with Crippen LogP contribution in [0.2, 0.25) is 0 Å². The molecule has 2 heterocycles. The Morgan fingerprint density at radius 2 is 1.80 bits per heavy atom. The van der Waals surface area contributed by atoms with Gasteiger partial charge in [-0.05, 0) is 35.9 Å². The lowest BCUT2D eigenvalue weighted by molar-refractivity contribution is -0.137. The predicted octanol–water partition coefficient (Wildman–Crippen LogP) is 3.84. The zero-order valence-electron chi connectivity index (χ0n) is 15.9. The fourth-order valence-electron chi connectivity index (χ4n) is 4.01. The number of nitrogens with zero attached hydrogens (tertiary/aromatic N) is 4. The van der Waals surface area contributed by atoms with Crippen molar-refractivity contribution in [2.45, 2.75) is 18.8 Å². The number of alkyl halides is 3. The van der Waals surface area contributed by atoms with E-state index >= 15 is 0 Å². The Kier molecular flexibility index (Phi) is 5.12. The van der Waals surface area contributed by atoms with Crippen LogP contribution in [0.3, 0.4) is 0 Å². The molecule has 4 rings (SSSR count). The van der Waals surface area contributed by atoms with Crippen molar-refractivity contribution in [1.29, 1.82) is 5.26 Å². The molecule has 2 aromatic rings. The lowest BCUT2D eigenvalue weighted by atomic mass is 10.1. The lowest BCUT2D eigenvalue weighted by Crippen LogP contribution is -2.51.